The predicted octanol–water partition coefficient (Wildman–Crippen LogP) is 2.89. The number of ether oxygens (including phenoxy) is 1. The third kappa shape index (κ3) is 4.79. The Labute approximate surface area is 123 Å². The summed E-state index contributed by atoms with van der Waals surface area (Å²) >= 11 is 3.46. The van der Waals surface area contributed by atoms with Gasteiger partial charge >= 0.3 is 0 Å². The van der Waals surface area contributed by atoms with Crippen LogP contribution in [0.5, 0.6) is 5.75 Å². The maximum absolute atomic E-state index is 9.90. The van der Waals surface area contributed by atoms with Gasteiger partial charge in [-0.3, -0.25) is 0 Å². The molecule has 106 valence electrons. The van der Waals surface area contributed by atoms with E-state index in [0.717, 1.165) is 16.1 Å². The fourth-order valence-electron chi connectivity index (χ4n) is 2.05. The van der Waals surface area contributed by atoms with E-state index in [-0.39, 0.29) is 0 Å². The number of aliphatic hydroxyl groups is 1. The molecular formula is C15H22BrNO2. The fraction of sp³-hybridized carbons (Fsp3) is 0.600. The van der Waals surface area contributed by atoms with E-state index in [1.165, 1.54) is 18.4 Å². The van der Waals surface area contributed by atoms with Gasteiger partial charge in [-0.25, -0.2) is 0 Å². The first-order valence-corrected chi connectivity index (χ1v) is 7.66. The van der Waals surface area contributed by atoms with Gasteiger partial charge in [-0.05, 0) is 66.2 Å². The quantitative estimate of drug-likeness (QED) is 0.809. The first-order chi connectivity index (χ1) is 9.06. The number of aliphatic hydroxyl groups excluding tert-OH is 1. The van der Waals surface area contributed by atoms with Crippen LogP contribution >= 0.6 is 15.9 Å². The van der Waals surface area contributed by atoms with Crippen LogP contribution in [-0.4, -0.2) is 30.4 Å². The summed E-state index contributed by atoms with van der Waals surface area (Å²) in [5.41, 5.74) is 1.18. The van der Waals surface area contributed by atoms with Crippen LogP contribution in [0.3, 0.4) is 0 Å². The average molecular weight is 328 g/mol. The average Bonchev–Trinajstić information content (AvgIpc) is 3.19. The molecule has 0 radical (unpaired) electrons. The first kappa shape index (κ1) is 14.8. The molecule has 2 unspecified atom stereocenters. The molecule has 2 rings (SSSR count). The van der Waals surface area contributed by atoms with E-state index >= 15 is 0 Å². The maximum Gasteiger partial charge on any atom is 0.133 e. The maximum atomic E-state index is 9.90. The Morgan fingerprint density at radius 2 is 2.21 bits per heavy atom. The number of rotatable bonds is 7. The number of hydrogen-bond acceptors (Lipinski definition) is 3. The molecule has 4 heteroatoms. The Hall–Kier alpha value is -0.580. The molecule has 1 saturated carbocycles. The van der Waals surface area contributed by atoms with Gasteiger partial charge in [0.15, 0.2) is 0 Å². The SMILES string of the molecule is Cc1ccc(OCC(O)CNC(C)C2CC2)c(Br)c1. The molecule has 0 spiro atoms. The van der Waals surface area contributed by atoms with Crippen molar-refractivity contribution >= 4 is 15.9 Å². The van der Waals surface area contributed by atoms with E-state index in [1.54, 1.807) is 0 Å². The molecule has 1 aromatic rings. The van der Waals surface area contributed by atoms with Gasteiger partial charge in [-0.15, -0.1) is 0 Å². The summed E-state index contributed by atoms with van der Waals surface area (Å²) in [6.45, 7) is 5.11. The van der Waals surface area contributed by atoms with E-state index in [9.17, 15) is 5.11 Å². The van der Waals surface area contributed by atoms with Gasteiger partial charge < -0.3 is 15.2 Å². The van der Waals surface area contributed by atoms with Gasteiger partial charge in [0, 0.05) is 12.6 Å². The molecule has 2 N–H and O–H groups in total. The van der Waals surface area contributed by atoms with Gasteiger partial charge in [0.25, 0.3) is 0 Å². The highest BCUT2D eigenvalue weighted by Crippen LogP contribution is 2.32. The minimum absolute atomic E-state index is 0.312. The molecule has 0 aliphatic heterocycles. The number of benzene rings is 1. The van der Waals surface area contributed by atoms with Crippen LogP contribution in [0.2, 0.25) is 0 Å². The molecule has 0 amide bonds. The third-order valence-electron chi connectivity index (χ3n) is 3.52. The topological polar surface area (TPSA) is 41.5 Å². The predicted molar refractivity (Wildman–Crippen MR) is 80.6 cm³/mol. The highest BCUT2D eigenvalue weighted by Gasteiger charge is 2.27. The summed E-state index contributed by atoms with van der Waals surface area (Å²) in [6.07, 6.45) is 2.16. The van der Waals surface area contributed by atoms with Crippen molar-refractivity contribution in [2.75, 3.05) is 13.2 Å². The Kier molecular flexibility index (Phi) is 5.25. The van der Waals surface area contributed by atoms with Crippen molar-refractivity contribution < 1.29 is 9.84 Å². The highest BCUT2D eigenvalue weighted by atomic mass is 79.9. The van der Waals surface area contributed by atoms with Gasteiger partial charge in [0.05, 0.1) is 4.47 Å². The molecule has 3 nitrogen and oxygen atoms in total. The summed E-state index contributed by atoms with van der Waals surface area (Å²) < 4.78 is 6.55. The largest absolute Gasteiger partial charge is 0.490 e. The van der Waals surface area contributed by atoms with E-state index in [2.05, 4.69) is 28.2 Å². The summed E-state index contributed by atoms with van der Waals surface area (Å²) in [4.78, 5) is 0. The lowest BCUT2D eigenvalue weighted by molar-refractivity contribution is 0.103. The molecule has 1 fully saturated rings. The molecule has 0 saturated heterocycles. The van der Waals surface area contributed by atoms with Crippen LogP contribution in [0.4, 0.5) is 0 Å². The second-order valence-electron chi connectivity index (χ2n) is 5.43. The van der Waals surface area contributed by atoms with Crippen molar-refractivity contribution in [3.05, 3.63) is 28.2 Å². The van der Waals surface area contributed by atoms with Crippen LogP contribution in [0.25, 0.3) is 0 Å². The molecule has 0 bridgehead atoms. The van der Waals surface area contributed by atoms with Gasteiger partial charge in [-0.1, -0.05) is 6.07 Å². The number of hydrogen-bond donors (Lipinski definition) is 2. The van der Waals surface area contributed by atoms with Crippen LogP contribution in [0.1, 0.15) is 25.3 Å². The zero-order chi connectivity index (χ0) is 13.8. The molecule has 1 aliphatic rings. The van der Waals surface area contributed by atoms with Crippen molar-refractivity contribution in [2.45, 2.75) is 38.8 Å². The second kappa shape index (κ2) is 6.73. The summed E-state index contributed by atoms with van der Waals surface area (Å²) in [5, 5.41) is 13.3. The van der Waals surface area contributed by atoms with Crippen molar-refractivity contribution in [1.82, 2.24) is 5.32 Å². The Balaban J connectivity index is 1.71. The number of nitrogens with one attached hydrogen (secondary N) is 1. The second-order valence-corrected chi connectivity index (χ2v) is 6.29. The van der Waals surface area contributed by atoms with Crippen LogP contribution < -0.4 is 10.1 Å². The van der Waals surface area contributed by atoms with Crippen molar-refractivity contribution in [1.29, 1.82) is 0 Å². The van der Waals surface area contributed by atoms with Crippen LogP contribution in [-0.2, 0) is 0 Å². The zero-order valence-corrected chi connectivity index (χ0v) is 13.1. The molecular weight excluding hydrogens is 306 g/mol. The standard InChI is InChI=1S/C15H22BrNO2/c1-10-3-6-15(14(16)7-10)19-9-13(18)8-17-11(2)12-4-5-12/h3,6-7,11-13,17-18H,4-5,8-9H2,1-2H3. The van der Waals surface area contributed by atoms with E-state index in [1.807, 2.05) is 25.1 Å². The lowest BCUT2D eigenvalue weighted by Crippen LogP contribution is -2.37. The van der Waals surface area contributed by atoms with Crippen LogP contribution in [0.15, 0.2) is 22.7 Å². The molecule has 2 atom stereocenters. The smallest absolute Gasteiger partial charge is 0.133 e. The van der Waals surface area contributed by atoms with Crippen molar-refractivity contribution in [3.63, 3.8) is 0 Å². The number of aryl methyl sites for hydroxylation is 1. The normalized spacial score (nSPS) is 18.1. The lowest BCUT2D eigenvalue weighted by Gasteiger charge is -2.17. The highest BCUT2D eigenvalue weighted by molar-refractivity contribution is 9.10. The molecule has 19 heavy (non-hydrogen) atoms. The summed E-state index contributed by atoms with van der Waals surface area (Å²) in [5.74, 6) is 1.58. The Morgan fingerprint density at radius 3 is 2.84 bits per heavy atom. The minimum atomic E-state index is -0.477. The van der Waals surface area contributed by atoms with E-state index < -0.39 is 6.10 Å². The van der Waals surface area contributed by atoms with E-state index in [4.69, 9.17) is 4.74 Å². The molecule has 0 heterocycles. The van der Waals surface area contributed by atoms with Gasteiger partial charge in [-0.2, -0.15) is 0 Å². The van der Waals surface area contributed by atoms with Crippen LogP contribution in [0, 0.1) is 12.8 Å². The molecule has 1 aliphatic carbocycles. The number of halogens is 1. The third-order valence-corrected chi connectivity index (χ3v) is 4.14. The zero-order valence-electron chi connectivity index (χ0n) is 11.5. The minimum Gasteiger partial charge on any atom is -0.490 e. The Bertz CT molecular complexity index is 421. The fourth-order valence-corrected chi connectivity index (χ4v) is 2.66. The van der Waals surface area contributed by atoms with Gasteiger partial charge in [0.1, 0.15) is 18.5 Å². The van der Waals surface area contributed by atoms with Crippen molar-refractivity contribution in [2.24, 2.45) is 5.92 Å². The van der Waals surface area contributed by atoms with Crippen molar-refractivity contribution in [3.8, 4) is 5.75 Å². The summed E-state index contributed by atoms with van der Waals surface area (Å²) in [7, 11) is 0. The van der Waals surface area contributed by atoms with Gasteiger partial charge in [0.2, 0.25) is 0 Å². The van der Waals surface area contributed by atoms with E-state index in [0.29, 0.717) is 19.2 Å². The summed E-state index contributed by atoms with van der Waals surface area (Å²) in [6, 6.07) is 6.43. The lowest BCUT2D eigenvalue weighted by atomic mass is 10.2. The molecule has 0 aromatic heterocycles. The molecule has 1 aromatic carbocycles. The first-order valence-electron chi connectivity index (χ1n) is 6.86. The monoisotopic (exact) mass is 327 g/mol. The Morgan fingerprint density at radius 1 is 1.47 bits per heavy atom.